The first-order valence-electron chi connectivity index (χ1n) is 10.9. The zero-order valence-corrected chi connectivity index (χ0v) is 18.2. The number of benzene rings is 1. The van der Waals surface area contributed by atoms with Crippen molar-refractivity contribution in [2.24, 2.45) is 0 Å². The maximum Gasteiger partial charge on any atom is 0.242 e. The van der Waals surface area contributed by atoms with Crippen molar-refractivity contribution in [2.45, 2.75) is 44.7 Å². The molecular weight excluding hydrogens is 404 g/mol. The average Bonchev–Trinajstić information content (AvgIpc) is 3.47. The van der Waals surface area contributed by atoms with Gasteiger partial charge in [-0.15, -0.1) is 5.10 Å². The van der Waals surface area contributed by atoms with Crippen LogP contribution < -0.4 is 10.6 Å². The molecule has 32 heavy (non-hydrogen) atoms. The van der Waals surface area contributed by atoms with Gasteiger partial charge in [0.05, 0.1) is 17.4 Å². The maximum absolute atomic E-state index is 12.9. The fraction of sp³-hybridized carbons (Fsp3) is 0.348. The molecule has 0 aliphatic heterocycles. The molecule has 1 atom stereocenters. The Morgan fingerprint density at radius 2 is 2.12 bits per heavy atom. The maximum atomic E-state index is 12.9. The number of amides is 1. The fourth-order valence-electron chi connectivity index (χ4n) is 3.93. The van der Waals surface area contributed by atoms with Gasteiger partial charge >= 0.3 is 0 Å². The van der Waals surface area contributed by atoms with Crippen LogP contribution in [-0.2, 0) is 17.8 Å². The number of nitrogens with zero attached hydrogens (tertiary/aromatic N) is 5. The third kappa shape index (κ3) is 4.32. The van der Waals surface area contributed by atoms with Crippen LogP contribution in [0.25, 0.3) is 10.9 Å². The van der Waals surface area contributed by atoms with Gasteiger partial charge in [-0.3, -0.25) is 4.79 Å². The molecular formula is C23H26N8O. The van der Waals surface area contributed by atoms with Gasteiger partial charge in [-0.1, -0.05) is 23.4 Å². The highest BCUT2D eigenvalue weighted by molar-refractivity contribution is 5.83. The normalized spacial score (nSPS) is 14.4. The molecule has 1 aromatic carbocycles. The van der Waals surface area contributed by atoms with E-state index in [9.17, 15) is 4.79 Å². The first-order chi connectivity index (χ1) is 15.6. The summed E-state index contributed by atoms with van der Waals surface area (Å²) in [5.74, 6) is 1.88. The minimum absolute atomic E-state index is 0.102. The molecule has 164 valence electrons. The second-order valence-corrected chi connectivity index (χ2v) is 8.30. The zero-order chi connectivity index (χ0) is 22.1. The van der Waals surface area contributed by atoms with E-state index < -0.39 is 0 Å². The number of carbonyl (C=O) groups is 1. The Kier molecular flexibility index (Phi) is 5.30. The van der Waals surface area contributed by atoms with Gasteiger partial charge in [0.25, 0.3) is 0 Å². The van der Waals surface area contributed by atoms with E-state index in [2.05, 4.69) is 43.0 Å². The lowest BCUT2D eigenvalue weighted by atomic mass is 10.0. The molecule has 5 rings (SSSR count). The number of H-pyrrole nitrogens is 1. The Morgan fingerprint density at radius 3 is 2.88 bits per heavy atom. The summed E-state index contributed by atoms with van der Waals surface area (Å²) < 4.78 is 1.54. The lowest BCUT2D eigenvalue weighted by molar-refractivity contribution is -0.122. The largest absolute Gasteiger partial charge is 0.373 e. The molecule has 3 N–H and O–H groups in total. The molecule has 0 spiro atoms. The highest BCUT2D eigenvalue weighted by Crippen LogP contribution is 2.39. The van der Waals surface area contributed by atoms with Crippen molar-refractivity contribution in [1.29, 1.82) is 0 Å². The van der Waals surface area contributed by atoms with E-state index in [0.29, 0.717) is 12.3 Å². The second-order valence-electron chi connectivity index (χ2n) is 8.30. The molecule has 3 heterocycles. The molecule has 0 radical (unpaired) electrons. The van der Waals surface area contributed by atoms with Gasteiger partial charge in [-0.2, -0.15) is 0 Å². The Labute approximate surface area is 185 Å². The minimum Gasteiger partial charge on any atom is -0.373 e. The lowest BCUT2D eigenvalue weighted by Gasteiger charge is -2.20. The molecule has 0 saturated heterocycles. The summed E-state index contributed by atoms with van der Waals surface area (Å²) in [6.45, 7) is 1.95. The average molecular weight is 431 g/mol. The predicted molar refractivity (Wildman–Crippen MR) is 121 cm³/mol. The molecule has 3 aromatic heterocycles. The number of rotatable bonds is 8. The molecule has 0 unspecified atom stereocenters. The van der Waals surface area contributed by atoms with Crippen LogP contribution in [0.2, 0.25) is 0 Å². The van der Waals surface area contributed by atoms with Gasteiger partial charge < -0.3 is 15.6 Å². The monoisotopic (exact) mass is 430 g/mol. The number of nitrogens with one attached hydrogen (secondary N) is 3. The fourth-order valence-corrected chi connectivity index (χ4v) is 3.93. The number of hydrogen-bond donors (Lipinski definition) is 3. The Bertz CT molecular complexity index is 1260. The first-order valence-corrected chi connectivity index (χ1v) is 10.9. The van der Waals surface area contributed by atoms with Crippen molar-refractivity contribution in [1.82, 2.24) is 35.3 Å². The molecule has 1 fully saturated rings. The van der Waals surface area contributed by atoms with E-state index in [1.165, 1.54) is 0 Å². The first kappa shape index (κ1) is 20.2. The van der Waals surface area contributed by atoms with Crippen LogP contribution in [-0.4, -0.2) is 42.9 Å². The molecule has 9 nitrogen and oxygen atoms in total. The highest BCUT2D eigenvalue weighted by Gasteiger charge is 2.29. The summed E-state index contributed by atoms with van der Waals surface area (Å²) in [6.07, 6.45) is 6.59. The molecule has 1 saturated carbocycles. The zero-order valence-electron chi connectivity index (χ0n) is 18.2. The number of fused-ring (bicyclic) bond motifs is 1. The summed E-state index contributed by atoms with van der Waals surface area (Å²) >= 11 is 0. The highest BCUT2D eigenvalue weighted by atomic mass is 16.2. The van der Waals surface area contributed by atoms with E-state index in [-0.39, 0.29) is 18.5 Å². The van der Waals surface area contributed by atoms with Gasteiger partial charge in [-0.25, -0.2) is 14.6 Å². The van der Waals surface area contributed by atoms with E-state index in [4.69, 9.17) is 4.98 Å². The molecule has 1 aliphatic rings. The number of para-hydroxylation sites is 1. The minimum atomic E-state index is -0.307. The number of carbonyl (C=O) groups excluding carboxylic acids is 1. The Balaban J connectivity index is 1.46. The summed E-state index contributed by atoms with van der Waals surface area (Å²) in [7, 11) is 1.85. The Morgan fingerprint density at radius 1 is 1.28 bits per heavy atom. The molecule has 0 bridgehead atoms. The molecule has 9 heteroatoms. The van der Waals surface area contributed by atoms with E-state index in [0.717, 1.165) is 52.3 Å². The van der Waals surface area contributed by atoms with Crippen molar-refractivity contribution in [3.63, 3.8) is 0 Å². The molecule has 1 aliphatic carbocycles. The molecule has 1 amide bonds. The third-order valence-corrected chi connectivity index (χ3v) is 5.71. The van der Waals surface area contributed by atoms with Crippen LogP contribution in [0.1, 0.15) is 47.6 Å². The standard InChI is InChI=1S/C23H26N8O/c1-14-12-31(30-29-14)13-22(32)26-19(9-16-11-25-18-6-4-3-5-17(16)18)20-10-21(24-2)28-23(27-20)15-7-8-15/h3-6,10-12,15,19,25H,7-9,13H2,1-2H3,(H,26,32)(H,24,27,28)/t19-/m0/s1. The summed E-state index contributed by atoms with van der Waals surface area (Å²) in [5, 5.41) is 15.4. The summed E-state index contributed by atoms with van der Waals surface area (Å²) in [4.78, 5) is 25.7. The van der Waals surface area contributed by atoms with Gasteiger partial charge in [0.15, 0.2) is 0 Å². The van der Waals surface area contributed by atoms with Gasteiger partial charge in [-0.05, 0) is 31.4 Å². The van der Waals surface area contributed by atoms with Crippen LogP contribution in [0.3, 0.4) is 0 Å². The second kappa shape index (κ2) is 8.41. The predicted octanol–water partition coefficient (Wildman–Crippen LogP) is 2.88. The van der Waals surface area contributed by atoms with Crippen LogP contribution in [0.5, 0.6) is 0 Å². The lowest BCUT2D eigenvalue weighted by Crippen LogP contribution is -2.33. The topological polar surface area (TPSA) is 113 Å². The smallest absolute Gasteiger partial charge is 0.242 e. The van der Waals surface area contributed by atoms with Crippen LogP contribution in [0.15, 0.2) is 42.7 Å². The number of hydrogen-bond acceptors (Lipinski definition) is 6. The van der Waals surface area contributed by atoms with Crippen molar-refractivity contribution < 1.29 is 4.79 Å². The number of aromatic amines is 1. The third-order valence-electron chi connectivity index (χ3n) is 5.71. The van der Waals surface area contributed by atoms with Crippen molar-refractivity contribution in [2.75, 3.05) is 12.4 Å². The van der Waals surface area contributed by atoms with Crippen molar-refractivity contribution in [3.8, 4) is 0 Å². The number of aryl methyl sites for hydroxylation is 1. The van der Waals surface area contributed by atoms with Crippen LogP contribution in [0.4, 0.5) is 5.82 Å². The van der Waals surface area contributed by atoms with Gasteiger partial charge in [0.2, 0.25) is 5.91 Å². The van der Waals surface area contributed by atoms with Crippen molar-refractivity contribution >= 4 is 22.6 Å². The number of aromatic nitrogens is 6. The summed E-state index contributed by atoms with van der Waals surface area (Å²) in [5.41, 5.74) is 3.78. The SMILES string of the molecule is CNc1cc([C@H](Cc2c[nH]c3ccccc23)NC(=O)Cn2cc(C)nn2)nc(C2CC2)n1. The van der Waals surface area contributed by atoms with Gasteiger partial charge in [0.1, 0.15) is 18.2 Å². The van der Waals surface area contributed by atoms with E-state index in [1.807, 2.05) is 38.4 Å². The quantitative estimate of drug-likeness (QED) is 0.396. The van der Waals surface area contributed by atoms with Crippen LogP contribution >= 0.6 is 0 Å². The van der Waals surface area contributed by atoms with E-state index >= 15 is 0 Å². The van der Waals surface area contributed by atoms with Gasteiger partial charge in [0, 0.05) is 48.7 Å². The number of anilines is 1. The Hall–Kier alpha value is -3.75. The van der Waals surface area contributed by atoms with E-state index in [1.54, 1.807) is 10.9 Å². The van der Waals surface area contributed by atoms with Crippen LogP contribution in [0, 0.1) is 6.92 Å². The molecule has 4 aromatic rings. The van der Waals surface area contributed by atoms with Crippen molar-refractivity contribution in [3.05, 3.63) is 65.5 Å². The summed E-state index contributed by atoms with van der Waals surface area (Å²) in [6, 6.07) is 9.79.